The smallest absolute Gasteiger partial charge is 0.335 e. The number of aromatic nitrogens is 1. The molecule has 5 heteroatoms. The van der Waals surface area contributed by atoms with Gasteiger partial charge in [-0.2, -0.15) is 5.26 Å². The van der Waals surface area contributed by atoms with Crippen LogP contribution in [0.1, 0.15) is 15.2 Å². The van der Waals surface area contributed by atoms with Crippen LogP contribution < -0.4 is 0 Å². The largest absolute Gasteiger partial charge is 0.478 e. The Morgan fingerprint density at radius 1 is 1.18 bits per heavy atom. The normalized spacial score (nSPS) is 10.1. The molecule has 0 unspecified atom stereocenters. The zero-order valence-corrected chi connectivity index (χ0v) is 12.2. The van der Waals surface area contributed by atoms with Crippen LogP contribution in [0.5, 0.6) is 0 Å². The van der Waals surface area contributed by atoms with Gasteiger partial charge in [-0.25, -0.2) is 4.79 Å². The standard InChI is InChI=1S/C17H10N2O2S/c18-10-16-13(11-4-2-1-3-5-11)9-15(22-16)14-8-12(17(20)21)6-7-19-14/h1-9H,(H,20,21). The molecular weight excluding hydrogens is 296 g/mol. The number of nitriles is 1. The molecule has 0 aliphatic heterocycles. The molecule has 0 radical (unpaired) electrons. The molecule has 0 saturated heterocycles. The molecule has 22 heavy (non-hydrogen) atoms. The first-order valence-electron chi connectivity index (χ1n) is 6.48. The summed E-state index contributed by atoms with van der Waals surface area (Å²) in [6.45, 7) is 0. The molecule has 0 spiro atoms. The molecule has 0 saturated carbocycles. The van der Waals surface area contributed by atoms with E-state index in [0.29, 0.717) is 10.6 Å². The van der Waals surface area contributed by atoms with Crippen molar-refractivity contribution in [2.45, 2.75) is 0 Å². The fraction of sp³-hybridized carbons (Fsp3) is 0. The first kappa shape index (κ1) is 14.0. The molecule has 0 amide bonds. The van der Waals surface area contributed by atoms with Gasteiger partial charge in [0.1, 0.15) is 10.9 Å². The summed E-state index contributed by atoms with van der Waals surface area (Å²) in [5.41, 5.74) is 2.53. The minimum Gasteiger partial charge on any atom is -0.478 e. The van der Waals surface area contributed by atoms with E-state index in [0.717, 1.165) is 16.0 Å². The van der Waals surface area contributed by atoms with Crippen LogP contribution in [0.15, 0.2) is 54.7 Å². The lowest BCUT2D eigenvalue weighted by Crippen LogP contribution is -1.96. The number of benzene rings is 1. The van der Waals surface area contributed by atoms with Crippen molar-refractivity contribution < 1.29 is 9.90 Å². The molecule has 0 bridgehead atoms. The third kappa shape index (κ3) is 2.60. The third-order valence-corrected chi connectivity index (χ3v) is 4.24. The van der Waals surface area contributed by atoms with Gasteiger partial charge in [0.15, 0.2) is 0 Å². The maximum Gasteiger partial charge on any atom is 0.335 e. The minimum absolute atomic E-state index is 0.179. The fourth-order valence-corrected chi connectivity index (χ4v) is 3.08. The van der Waals surface area contributed by atoms with Gasteiger partial charge in [-0.3, -0.25) is 4.98 Å². The van der Waals surface area contributed by atoms with Crippen LogP contribution in [0.3, 0.4) is 0 Å². The van der Waals surface area contributed by atoms with E-state index in [-0.39, 0.29) is 5.56 Å². The molecule has 1 aromatic carbocycles. The maximum atomic E-state index is 11.1. The van der Waals surface area contributed by atoms with E-state index in [1.54, 1.807) is 0 Å². The molecule has 3 aromatic rings. The predicted octanol–water partition coefficient (Wildman–Crippen LogP) is 4.05. The number of carboxylic acid groups (broad SMARTS) is 1. The second-order valence-electron chi connectivity index (χ2n) is 4.57. The number of thiophene rings is 1. The Hall–Kier alpha value is -2.97. The second kappa shape index (κ2) is 5.80. The number of carboxylic acids is 1. The van der Waals surface area contributed by atoms with E-state index in [1.807, 2.05) is 36.4 Å². The highest BCUT2D eigenvalue weighted by Gasteiger charge is 2.14. The Bertz CT molecular complexity index is 879. The Balaban J connectivity index is 2.11. The van der Waals surface area contributed by atoms with E-state index >= 15 is 0 Å². The highest BCUT2D eigenvalue weighted by Crippen LogP contribution is 2.36. The van der Waals surface area contributed by atoms with Gasteiger partial charge in [0.2, 0.25) is 0 Å². The Labute approximate surface area is 130 Å². The number of pyridine rings is 1. The topological polar surface area (TPSA) is 74.0 Å². The highest BCUT2D eigenvalue weighted by molar-refractivity contribution is 7.16. The lowest BCUT2D eigenvalue weighted by Gasteiger charge is -1.98. The molecule has 4 nitrogen and oxygen atoms in total. The molecule has 0 fully saturated rings. The summed E-state index contributed by atoms with van der Waals surface area (Å²) < 4.78 is 0. The molecule has 0 aliphatic carbocycles. The third-order valence-electron chi connectivity index (χ3n) is 3.18. The SMILES string of the molecule is N#Cc1sc(-c2cc(C(=O)O)ccn2)cc1-c1ccccc1. The van der Waals surface area contributed by atoms with Crippen LogP contribution in [0.2, 0.25) is 0 Å². The van der Waals surface area contributed by atoms with Crippen LogP contribution >= 0.6 is 11.3 Å². The van der Waals surface area contributed by atoms with Crippen molar-refractivity contribution in [3.05, 3.63) is 65.2 Å². The van der Waals surface area contributed by atoms with Crippen molar-refractivity contribution in [3.63, 3.8) is 0 Å². The highest BCUT2D eigenvalue weighted by atomic mass is 32.1. The maximum absolute atomic E-state index is 11.1. The Morgan fingerprint density at radius 2 is 1.95 bits per heavy atom. The Kier molecular flexibility index (Phi) is 3.69. The molecule has 1 N–H and O–H groups in total. The van der Waals surface area contributed by atoms with Crippen LogP contribution in [0, 0.1) is 11.3 Å². The van der Waals surface area contributed by atoms with Crippen molar-refractivity contribution in [2.24, 2.45) is 0 Å². The molecular formula is C17H10N2O2S. The van der Waals surface area contributed by atoms with Crippen LogP contribution in [-0.2, 0) is 0 Å². The van der Waals surface area contributed by atoms with Gasteiger partial charge in [0.05, 0.1) is 16.1 Å². The average molecular weight is 306 g/mol. The average Bonchev–Trinajstić information content (AvgIpc) is 3.00. The number of carbonyl (C=O) groups is 1. The van der Waals surface area contributed by atoms with Crippen molar-refractivity contribution in [1.29, 1.82) is 5.26 Å². The van der Waals surface area contributed by atoms with Crippen molar-refractivity contribution >= 4 is 17.3 Å². The van der Waals surface area contributed by atoms with E-state index < -0.39 is 5.97 Å². The van der Waals surface area contributed by atoms with Gasteiger partial charge in [-0.15, -0.1) is 11.3 Å². The molecule has 106 valence electrons. The minimum atomic E-state index is -0.996. The number of aromatic carboxylic acids is 1. The lowest BCUT2D eigenvalue weighted by molar-refractivity contribution is 0.0697. The quantitative estimate of drug-likeness (QED) is 0.792. The van der Waals surface area contributed by atoms with E-state index in [1.165, 1.54) is 29.7 Å². The first-order valence-corrected chi connectivity index (χ1v) is 7.30. The zero-order valence-electron chi connectivity index (χ0n) is 11.4. The van der Waals surface area contributed by atoms with Crippen molar-refractivity contribution in [1.82, 2.24) is 4.98 Å². The van der Waals surface area contributed by atoms with Crippen LogP contribution in [0.4, 0.5) is 0 Å². The second-order valence-corrected chi connectivity index (χ2v) is 5.62. The molecule has 2 aromatic heterocycles. The monoisotopic (exact) mass is 306 g/mol. The summed E-state index contributed by atoms with van der Waals surface area (Å²) in [5.74, 6) is -0.996. The lowest BCUT2D eigenvalue weighted by atomic mass is 10.1. The summed E-state index contributed by atoms with van der Waals surface area (Å²) in [6.07, 6.45) is 1.47. The molecule has 3 rings (SSSR count). The first-order chi connectivity index (χ1) is 10.7. The van der Waals surface area contributed by atoms with E-state index in [9.17, 15) is 10.1 Å². The molecule has 2 heterocycles. The summed E-state index contributed by atoms with van der Waals surface area (Å²) in [7, 11) is 0. The van der Waals surface area contributed by atoms with Gasteiger partial charge in [-0.1, -0.05) is 30.3 Å². The van der Waals surface area contributed by atoms with Crippen molar-refractivity contribution in [3.8, 4) is 27.8 Å². The van der Waals surface area contributed by atoms with Crippen molar-refractivity contribution in [2.75, 3.05) is 0 Å². The molecule has 0 atom stereocenters. The zero-order chi connectivity index (χ0) is 15.5. The van der Waals surface area contributed by atoms with Gasteiger partial charge in [0, 0.05) is 11.8 Å². The van der Waals surface area contributed by atoms with Crippen LogP contribution in [-0.4, -0.2) is 16.1 Å². The number of rotatable bonds is 3. The molecule has 0 aliphatic rings. The van der Waals surface area contributed by atoms with E-state index in [2.05, 4.69) is 11.1 Å². The Morgan fingerprint density at radius 3 is 2.64 bits per heavy atom. The number of nitrogens with zero attached hydrogens (tertiary/aromatic N) is 2. The van der Waals surface area contributed by atoms with Gasteiger partial charge in [-0.05, 0) is 23.8 Å². The predicted molar refractivity (Wildman–Crippen MR) is 84.7 cm³/mol. The van der Waals surface area contributed by atoms with Gasteiger partial charge >= 0.3 is 5.97 Å². The summed E-state index contributed by atoms with van der Waals surface area (Å²) in [6, 6.07) is 16.7. The summed E-state index contributed by atoms with van der Waals surface area (Å²) in [4.78, 5) is 16.6. The fourth-order valence-electron chi connectivity index (χ4n) is 2.13. The number of hydrogen-bond donors (Lipinski definition) is 1. The number of hydrogen-bond acceptors (Lipinski definition) is 4. The van der Waals surface area contributed by atoms with Gasteiger partial charge in [0.25, 0.3) is 0 Å². The summed E-state index contributed by atoms with van der Waals surface area (Å²) >= 11 is 1.31. The summed E-state index contributed by atoms with van der Waals surface area (Å²) in [5, 5.41) is 18.4. The van der Waals surface area contributed by atoms with E-state index in [4.69, 9.17) is 5.11 Å². The van der Waals surface area contributed by atoms with Gasteiger partial charge < -0.3 is 5.11 Å². The van der Waals surface area contributed by atoms with Crippen LogP contribution in [0.25, 0.3) is 21.7 Å².